The minimum Gasteiger partial charge on any atom is -0.503 e. The molecule has 1 aliphatic heterocycles. The Hall–Kier alpha value is -3.51. The summed E-state index contributed by atoms with van der Waals surface area (Å²) in [6.45, 7) is 1.88. The summed E-state index contributed by atoms with van der Waals surface area (Å²) < 4.78 is 0. The SMILES string of the molecule is Cc1cccc(N2C(=O)C(O)=C(c3ccc4ccccc4n3)[C@@H]2c2ccsc2)n1. The lowest BCUT2D eigenvalue weighted by Gasteiger charge is -2.25. The first-order chi connectivity index (χ1) is 14.1. The Balaban J connectivity index is 1.71. The number of fused-ring (bicyclic) bond motifs is 1. The highest BCUT2D eigenvalue weighted by Crippen LogP contribution is 2.45. The van der Waals surface area contributed by atoms with Crippen LogP contribution in [-0.2, 0) is 4.79 Å². The van der Waals surface area contributed by atoms with Crippen LogP contribution in [0.1, 0.15) is 23.0 Å². The molecule has 1 amide bonds. The van der Waals surface area contributed by atoms with E-state index in [9.17, 15) is 9.90 Å². The van der Waals surface area contributed by atoms with Gasteiger partial charge in [-0.25, -0.2) is 9.97 Å². The van der Waals surface area contributed by atoms with Crippen LogP contribution in [0.5, 0.6) is 0 Å². The van der Waals surface area contributed by atoms with E-state index in [2.05, 4.69) is 4.98 Å². The average Bonchev–Trinajstić information content (AvgIpc) is 3.35. The maximum atomic E-state index is 13.1. The molecule has 4 heterocycles. The minimum atomic E-state index is -0.489. The molecule has 1 aromatic carbocycles. The zero-order valence-corrected chi connectivity index (χ0v) is 16.4. The number of aliphatic hydroxyl groups excluding tert-OH is 1. The van der Waals surface area contributed by atoms with Crippen molar-refractivity contribution < 1.29 is 9.90 Å². The van der Waals surface area contributed by atoms with Gasteiger partial charge in [-0.2, -0.15) is 11.3 Å². The van der Waals surface area contributed by atoms with Gasteiger partial charge >= 0.3 is 0 Å². The van der Waals surface area contributed by atoms with Gasteiger partial charge in [0.15, 0.2) is 5.76 Å². The molecule has 0 radical (unpaired) electrons. The number of thiophene rings is 1. The number of anilines is 1. The molecule has 142 valence electrons. The maximum Gasteiger partial charge on any atom is 0.295 e. The van der Waals surface area contributed by atoms with Crippen LogP contribution >= 0.6 is 11.3 Å². The van der Waals surface area contributed by atoms with E-state index in [4.69, 9.17) is 4.98 Å². The molecular weight excluding hydrogens is 382 g/mol. The van der Waals surface area contributed by atoms with Crippen LogP contribution < -0.4 is 4.90 Å². The van der Waals surface area contributed by atoms with Crippen LogP contribution in [0.25, 0.3) is 16.5 Å². The lowest BCUT2D eigenvalue weighted by Crippen LogP contribution is -2.30. The van der Waals surface area contributed by atoms with E-state index in [1.807, 2.05) is 72.3 Å². The molecule has 0 saturated heterocycles. The molecule has 0 fully saturated rings. The molecular formula is C23H17N3O2S. The van der Waals surface area contributed by atoms with Gasteiger partial charge < -0.3 is 5.11 Å². The van der Waals surface area contributed by atoms with Crippen molar-refractivity contribution in [3.8, 4) is 0 Å². The number of hydrogen-bond acceptors (Lipinski definition) is 5. The molecule has 1 atom stereocenters. The molecule has 3 aromatic heterocycles. The number of aromatic nitrogens is 2. The second kappa shape index (κ2) is 6.83. The fourth-order valence-electron chi connectivity index (χ4n) is 3.73. The van der Waals surface area contributed by atoms with Gasteiger partial charge in [0.2, 0.25) is 0 Å². The summed E-state index contributed by atoms with van der Waals surface area (Å²) in [5, 5.41) is 15.8. The van der Waals surface area contributed by atoms with Gasteiger partial charge in [0, 0.05) is 11.1 Å². The third-order valence-corrected chi connectivity index (χ3v) is 5.76. The highest BCUT2D eigenvalue weighted by molar-refractivity contribution is 7.08. The largest absolute Gasteiger partial charge is 0.503 e. The monoisotopic (exact) mass is 399 g/mol. The van der Waals surface area contributed by atoms with Crippen LogP contribution in [-0.4, -0.2) is 21.0 Å². The average molecular weight is 399 g/mol. The highest BCUT2D eigenvalue weighted by atomic mass is 32.1. The van der Waals surface area contributed by atoms with Gasteiger partial charge in [-0.1, -0.05) is 30.3 Å². The molecule has 1 N–H and O–H groups in total. The van der Waals surface area contributed by atoms with E-state index in [1.165, 1.54) is 0 Å². The van der Waals surface area contributed by atoms with E-state index in [1.54, 1.807) is 22.3 Å². The maximum absolute atomic E-state index is 13.1. The van der Waals surface area contributed by atoms with E-state index >= 15 is 0 Å². The third-order valence-electron chi connectivity index (χ3n) is 5.06. The van der Waals surface area contributed by atoms with Crippen LogP contribution in [0.2, 0.25) is 0 Å². The van der Waals surface area contributed by atoms with Crippen molar-refractivity contribution in [3.05, 3.63) is 94.1 Å². The lowest BCUT2D eigenvalue weighted by atomic mass is 9.98. The number of nitrogens with zero attached hydrogens (tertiary/aromatic N) is 3. The number of benzene rings is 1. The third kappa shape index (κ3) is 2.89. The molecule has 5 rings (SSSR count). The molecule has 4 aromatic rings. The second-order valence-electron chi connectivity index (χ2n) is 6.92. The van der Waals surface area contributed by atoms with E-state index < -0.39 is 11.9 Å². The summed E-state index contributed by atoms with van der Waals surface area (Å²) in [4.78, 5) is 23.9. The molecule has 0 aliphatic carbocycles. The molecule has 0 spiro atoms. The number of hydrogen-bond donors (Lipinski definition) is 1. The zero-order valence-electron chi connectivity index (χ0n) is 15.6. The van der Waals surface area contributed by atoms with Crippen molar-refractivity contribution in [2.75, 3.05) is 4.90 Å². The number of pyridine rings is 2. The number of amides is 1. The first-order valence-corrected chi connectivity index (χ1v) is 10.2. The number of aliphatic hydroxyl groups is 1. The van der Waals surface area contributed by atoms with Crippen molar-refractivity contribution >= 4 is 39.5 Å². The van der Waals surface area contributed by atoms with Gasteiger partial charge in [-0.15, -0.1) is 0 Å². The summed E-state index contributed by atoms with van der Waals surface area (Å²) in [7, 11) is 0. The lowest BCUT2D eigenvalue weighted by molar-refractivity contribution is -0.117. The minimum absolute atomic E-state index is 0.285. The Kier molecular flexibility index (Phi) is 4.14. The van der Waals surface area contributed by atoms with Gasteiger partial charge in [-0.05, 0) is 53.6 Å². The first kappa shape index (κ1) is 17.6. The van der Waals surface area contributed by atoms with Crippen LogP contribution in [0, 0.1) is 6.92 Å². The number of aryl methyl sites for hydroxylation is 1. The van der Waals surface area contributed by atoms with Crippen LogP contribution in [0.3, 0.4) is 0 Å². The quantitative estimate of drug-likeness (QED) is 0.523. The fraction of sp³-hybridized carbons (Fsp3) is 0.0870. The Labute approximate surface area is 171 Å². The van der Waals surface area contributed by atoms with Crippen molar-refractivity contribution in [3.63, 3.8) is 0 Å². The Morgan fingerprint density at radius 2 is 1.86 bits per heavy atom. The fourth-order valence-corrected chi connectivity index (χ4v) is 4.41. The highest BCUT2D eigenvalue weighted by Gasteiger charge is 2.43. The van der Waals surface area contributed by atoms with E-state index in [-0.39, 0.29) is 5.76 Å². The van der Waals surface area contributed by atoms with Crippen LogP contribution in [0.15, 0.2) is 77.2 Å². The molecule has 5 nitrogen and oxygen atoms in total. The molecule has 0 unspecified atom stereocenters. The molecule has 0 bridgehead atoms. The Morgan fingerprint density at radius 1 is 1.00 bits per heavy atom. The summed E-state index contributed by atoms with van der Waals surface area (Å²) in [5.41, 5.74) is 3.62. The number of rotatable bonds is 3. The van der Waals surface area contributed by atoms with Crippen molar-refractivity contribution in [2.45, 2.75) is 13.0 Å². The number of para-hydroxylation sites is 1. The van der Waals surface area contributed by atoms with Crippen molar-refractivity contribution in [1.29, 1.82) is 0 Å². The Bertz CT molecular complexity index is 1260. The summed E-state index contributed by atoms with van der Waals surface area (Å²) in [6, 6.07) is 18.6. The normalized spacial score (nSPS) is 16.8. The molecule has 0 saturated carbocycles. The van der Waals surface area contributed by atoms with Crippen molar-refractivity contribution in [1.82, 2.24) is 9.97 Å². The Morgan fingerprint density at radius 3 is 2.66 bits per heavy atom. The summed E-state index contributed by atoms with van der Waals surface area (Å²) in [6.07, 6.45) is 0. The molecule has 1 aliphatic rings. The van der Waals surface area contributed by atoms with Crippen LogP contribution in [0.4, 0.5) is 5.82 Å². The zero-order chi connectivity index (χ0) is 20.0. The van der Waals surface area contributed by atoms with E-state index in [0.29, 0.717) is 17.1 Å². The standard InChI is InChI=1S/C23H17N3O2S/c1-14-5-4-8-19(24-14)26-21(16-11-12-29-13-16)20(22(27)23(26)28)18-10-9-15-6-2-3-7-17(15)25-18/h2-13,21,27H,1H3/t21-/m0/s1. The van der Waals surface area contributed by atoms with Gasteiger partial charge in [-0.3, -0.25) is 9.69 Å². The predicted octanol–water partition coefficient (Wildman–Crippen LogP) is 5.06. The summed E-state index contributed by atoms with van der Waals surface area (Å²) >= 11 is 1.55. The number of carbonyl (C=O) groups excluding carboxylic acids is 1. The first-order valence-electron chi connectivity index (χ1n) is 9.22. The smallest absolute Gasteiger partial charge is 0.295 e. The van der Waals surface area contributed by atoms with E-state index in [0.717, 1.165) is 22.2 Å². The molecule has 29 heavy (non-hydrogen) atoms. The predicted molar refractivity (Wildman–Crippen MR) is 115 cm³/mol. The molecule has 6 heteroatoms. The number of carbonyl (C=O) groups is 1. The van der Waals surface area contributed by atoms with Gasteiger partial charge in [0.25, 0.3) is 5.91 Å². The second-order valence-corrected chi connectivity index (χ2v) is 7.70. The summed E-state index contributed by atoms with van der Waals surface area (Å²) in [5.74, 6) is -0.245. The van der Waals surface area contributed by atoms with Gasteiger partial charge in [0.1, 0.15) is 5.82 Å². The van der Waals surface area contributed by atoms with Crippen molar-refractivity contribution in [2.24, 2.45) is 0 Å². The topological polar surface area (TPSA) is 66.3 Å². The van der Waals surface area contributed by atoms with Gasteiger partial charge in [0.05, 0.1) is 22.8 Å².